The Hall–Kier alpha value is -1.06. The summed E-state index contributed by atoms with van der Waals surface area (Å²) in [4.78, 5) is 12.8. The molecule has 2 rings (SSSR count). The molecule has 1 aromatic carbocycles. The highest BCUT2D eigenvalue weighted by atomic mass is 35.5. The highest BCUT2D eigenvalue weighted by molar-refractivity contribution is 6.30. The van der Waals surface area contributed by atoms with E-state index in [0.29, 0.717) is 17.4 Å². The van der Waals surface area contributed by atoms with Gasteiger partial charge in [-0.25, -0.2) is 0 Å². The van der Waals surface area contributed by atoms with Crippen molar-refractivity contribution in [1.29, 1.82) is 0 Å². The second-order valence-corrected chi connectivity index (χ2v) is 6.72. The first-order chi connectivity index (χ1) is 9.99. The maximum absolute atomic E-state index is 12.8. The smallest absolute Gasteiger partial charge is 0.230 e. The highest BCUT2D eigenvalue weighted by Gasteiger charge is 2.46. The SMILES string of the molecule is CC(C)C(CCO)NC(=O)C1(c2ccc(Cl)cc2)CCC1. The molecule has 21 heavy (non-hydrogen) atoms. The summed E-state index contributed by atoms with van der Waals surface area (Å²) in [5, 5.41) is 13.0. The quantitative estimate of drug-likeness (QED) is 0.847. The van der Waals surface area contributed by atoms with Gasteiger partial charge in [-0.2, -0.15) is 0 Å². The van der Waals surface area contributed by atoms with Gasteiger partial charge in [0.05, 0.1) is 5.41 Å². The number of halogens is 1. The van der Waals surface area contributed by atoms with Crippen LogP contribution in [0.2, 0.25) is 5.02 Å². The van der Waals surface area contributed by atoms with Crippen molar-refractivity contribution in [3.63, 3.8) is 0 Å². The molecular weight excluding hydrogens is 286 g/mol. The lowest BCUT2D eigenvalue weighted by atomic mass is 9.63. The number of rotatable bonds is 6. The molecule has 1 atom stereocenters. The summed E-state index contributed by atoms with van der Waals surface area (Å²) < 4.78 is 0. The van der Waals surface area contributed by atoms with Crippen LogP contribution in [0.3, 0.4) is 0 Å². The third kappa shape index (κ3) is 3.41. The van der Waals surface area contributed by atoms with Crippen molar-refractivity contribution >= 4 is 17.5 Å². The fourth-order valence-corrected chi connectivity index (χ4v) is 3.09. The number of aliphatic hydroxyl groups is 1. The Labute approximate surface area is 131 Å². The lowest BCUT2D eigenvalue weighted by Crippen LogP contribution is -2.53. The normalized spacial score (nSPS) is 18.1. The Morgan fingerprint density at radius 1 is 1.33 bits per heavy atom. The molecule has 0 aromatic heterocycles. The number of benzene rings is 1. The molecule has 0 bridgehead atoms. The molecule has 1 aliphatic carbocycles. The summed E-state index contributed by atoms with van der Waals surface area (Å²) in [6.07, 6.45) is 3.43. The van der Waals surface area contributed by atoms with Gasteiger partial charge in [-0.15, -0.1) is 0 Å². The second-order valence-electron chi connectivity index (χ2n) is 6.28. The molecule has 1 amide bonds. The summed E-state index contributed by atoms with van der Waals surface area (Å²) >= 11 is 5.94. The number of hydrogen-bond acceptors (Lipinski definition) is 2. The van der Waals surface area contributed by atoms with Gasteiger partial charge < -0.3 is 10.4 Å². The number of carbonyl (C=O) groups is 1. The van der Waals surface area contributed by atoms with E-state index in [1.165, 1.54) is 0 Å². The first-order valence-corrected chi connectivity index (χ1v) is 8.05. The zero-order chi connectivity index (χ0) is 15.5. The van der Waals surface area contributed by atoms with E-state index in [-0.39, 0.29) is 18.6 Å². The van der Waals surface area contributed by atoms with E-state index in [4.69, 9.17) is 16.7 Å². The Bertz CT molecular complexity index is 480. The van der Waals surface area contributed by atoms with E-state index in [1.807, 2.05) is 24.3 Å². The van der Waals surface area contributed by atoms with Crippen LogP contribution in [0.1, 0.15) is 45.1 Å². The average molecular weight is 310 g/mol. The molecule has 1 aliphatic rings. The van der Waals surface area contributed by atoms with Crippen LogP contribution in [0.4, 0.5) is 0 Å². The lowest BCUT2D eigenvalue weighted by Gasteiger charge is -2.42. The molecule has 1 unspecified atom stereocenters. The Morgan fingerprint density at radius 3 is 2.38 bits per heavy atom. The minimum absolute atomic E-state index is 0.0206. The number of hydrogen-bond donors (Lipinski definition) is 2. The Kier molecular flexibility index (Phi) is 5.28. The standard InChI is InChI=1S/C17H24ClNO2/c1-12(2)15(8-11-20)19-16(21)17(9-3-10-17)13-4-6-14(18)7-5-13/h4-7,12,15,20H,3,8-11H2,1-2H3,(H,19,21). The van der Waals surface area contributed by atoms with Crippen LogP contribution in [0.5, 0.6) is 0 Å². The van der Waals surface area contributed by atoms with Gasteiger partial charge in [-0.3, -0.25) is 4.79 Å². The number of nitrogens with one attached hydrogen (secondary N) is 1. The van der Waals surface area contributed by atoms with Gasteiger partial charge in [0.1, 0.15) is 0 Å². The molecule has 1 aromatic rings. The molecule has 1 fully saturated rings. The summed E-state index contributed by atoms with van der Waals surface area (Å²) in [5.41, 5.74) is 0.634. The van der Waals surface area contributed by atoms with Gasteiger partial charge in [0, 0.05) is 17.7 Å². The number of aliphatic hydroxyl groups excluding tert-OH is 1. The molecule has 1 saturated carbocycles. The molecule has 0 saturated heterocycles. The molecule has 2 N–H and O–H groups in total. The van der Waals surface area contributed by atoms with Gasteiger partial charge in [0.25, 0.3) is 0 Å². The molecule has 4 heteroatoms. The predicted octanol–water partition coefficient (Wildman–Crippen LogP) is 3.28. The zero-order valence-electron chi connectivity index (χ0n) is 12.7. The predicted molar refractivity (Wildman–Crippen MR) is 85.5 cm³/mol. The highest BCUT2D eigenvalue weighted by Crippen LogP contribution is 2.44. The molecule has 116 valence electrons. The van der Waals surface area contributed by atoms with Gasteiger partial charge >= 0.3 is 0 Å². The van der Waals surface area contributed by atoms with Crippen molar-refractivity contribution in [3.8, 4) is 0 Å². The van der Waals surface area contributed by atoms with E-state index >= 15 is 0 Å². The van der Waals surface area contributed by atoms with Gasteiger partial charge in [-0.05, 0) is 42.9 Å². The second kappa shape index (κ2) is 6.80. The minimum atomic E-state index is -0.410. The van der Waals surface area contributed by atoms with E-state index < -0.39 is 5.41 Å². The van der Waals surface area contributed by atoms with Crippen molar-refractivity contribution in [2.45, 2.75) is 51.0 Å². The van der Waals surface area contributed by atoms with Crippen molar-refractivity contribution in [1.82, 2.24) is 5.32 Å². The number of amides is 1. The lowest BCUT2D eigenvalue weighted by molar-refractivity contribution is -0.131. The largest absolute Gasteiger partial charge is 0.396 e. The molecule has 0 heterocycles. The first-order valence-electron chi connectivity index (χ1n) is 7.67. The van der Waals surface area contributed by atoms with Crippen molar-refractivity contribution < 1.29 is 9.90 Å². The van der Waals surface area contributed by atoms with E-state index in [2.05, 4.69) is 19.2 Å². The molecular formula is C17H24ClNO2. The minimum Gasteiger partial charge on any atom is -0.396 e. The maximum Gasteiger partial charge on any atom is 0.230 e. The van der Waals surface area contributed by atoms with Crippen LogP contribution in [-0.2, 0) is 10.2 Å². The van der Waals surface area contributed by atoms with Crippen LogP contribution >= 0.6 is 11.6 Å². The summed E-state index contributed by atoms with van der Waals surface area (Å²) in [6, 6.07) is 7.62. The summed E-state index contributed by atoms with van der Waals surface area (Å²) in [7, 11) is 0. The van der Waals surface area contributed by atoms with Gasteiger partial charge in [0.15, 0.2) is 0 Å². The van der Waals surface area contributed by atoms with Crippen LogP contribution in [0.25, 0.3) is 0 Å². The fourth-order valence-electron chi connectivity index (χ4n) is 2.96. The monoisotopic (exact) mass is 309 g/mol. The Morgan fingerprint density at radius 2 is 1.95 bits per heavy atom. The van der Waals surface area contributed by atoms with Crippen LogP contribution in [0.15, 0.2) is 24.3 Å². The number of carbonyl (C=O) groups excluding carboxylic acids is 1. The molecule has 0 radical (unpaired) electrons. The summed E-state index contributed by atoms with van der Waals surface area (Å²) in [6.45, 7) is 4.23. The maximum atomic E-state index is 12.8. The van der Waals surface area contributed by atoms with Crippen LogP contribution in [-0.4, -0.2) is 23.7 Å². The van der Waals surface area contributed by atoms with Crippen molar-refractivity contribution in [3.05, 3.63) is 34.9 Å². The van der Waals surface area contributed by atoms with Crippen molar-refractivity contribution in [2.75, 3.05) is 6.61 Å². The van der Waals surface area contributed by atoms with Crippen molar-refractivity contribution in [2.24, 2.45) is 5.92 Å². The first kappa shape index (κ1) is 16.3. The fraction of sp³-hybridized carbons (Fsp3) is 0.588. The zero-order valence-corrected chi connectivity index (χ0v) is 13.5. The van der Waals surface area contributed by atoms with E-state index in [0.717, 1.165) is 24.8 Å². The summed E-state index contributed by atoms with van der Waals surface area (Å²) in [5.74, 6) is 0.395. The molecule has 0 aliphatic heterocycles. The topological polar surface area (TPSA) is 49.3 Å². The molecule has 0 spiro atoms. The van der Waals surface area contributed by atoms with E-state index in [1.54, 1.807) is 0 Å². The third-order valence-corrected chi connectivity index (χ3v) is 4.85. The van der Waals surface area contributed by atoms with Gasteiger partial charge in [-0.1, -0.05) is 44.0 Å². The molecule has 3 nitrogen and oxygen atoms in total. The van der Waals surface area contributed by atoms with E-state index in [9.17, 15) is 4.79 Å². The average Bonchev–Trinajstić information content (AvgIpc) is 2.39. The third-order valence-electron chi connectivity index (χ3n) is 4.60. The van der Waals surface area contributed by atoms with Crippen LogP contribution in [0, 0.1) is 5.92 Å². The van der Waals surface area contributed by atoms with Crippen LogP contribution < -0.4 is 5.32 Å². The Balaban J connectivity index is 2.16. The van der Waals surface area contributed by atoms with Gasteiger partial charge in [0.2, 0.25) is 5.91 Å².